The first-order valence-electron chi connectivity index (χ1n) is 4.60. The van der Waals surface area contributed by atoms with E-state index in [0.29, 0.717) is 5.92 Å². The molecule has 0 aliphatic carbocycles. The molecule has 0 spiro atoms. The third kappa shape index (κ3) is 1.93. The fourth-order valence-electron chi connectivity index (χ4n) is 1.59. The van der Waals surface area contributed by atoms with E-state index in [1.54, 1.807) is 0 Å². The maximum Gasteiger partial charge on any atom is 0.353 e. The summed E-state index contributed by atoms with van der Waals surface area (Å²) in [7, 11) is 0. The van der Waals surface area contributed by atoms with Gasteiger partial charge >= 0.3 is 5.97 Å². The third-order valence-electron chi connectivity index (χ3n) is 2.36. The number of ether oxygens (including phenoxy) is 1. The molecule has 1 saturated heterocycles. The number of carboxylic acid groups (broad SMARTS) is 1. The summed E-state index contributed by atoms with van der Waals surface area (Å²) in [6.07, 6.45) is 3.16. The number of aromatic carboxylic acids is 1. The minimum absolute atomic E-state index is 0.152. The lowest BCUT2D eigenvalue weighted by molar-refractivity contribution is 0.0691. The highest BCUT2D eigenvalue weighted by atomic mass is 16.5. The van der Waals surface area contributed by atoms with Gasteiger partial charge in [0, 0.05) is 19.6 Å². The van der Waals surface area contributed by atoms with Crippen LogP contribution in [0.3, 0.4) is 0 Å². The Hall–Kier alpha value is -1.36. The predicted octanol–water partition coefficient (Wildman–Crippen LogP) is 0.687. The van der Waals surface area contributed by atoms with Gasteiger partial charge in [-0.05, 0) is 12.3 Å². The van der Waals surface area contributed by atoms with Crippen molar-refractivity contribution in [1.82, 2.24) is 9.97 Å². The summed E-state index contributed by atoms with van der Waals surface area (Å²) in [5, 5.41) is 8.66. The van der Waals surface area contributed by atoms with Gasteiger partial charge in [0.15, 0.2) is 0 Å². The zero-order valence-electron chi connectivity index (χ0n) is 7.69. The number of nitrogens with one attached hydrogen (secondary N) is 1. The molecule has 0 bridgehead atoms. The van der Waals surface area contributed by atoms with Crippen molar-refractivity contribution in [3.05, 3.63) is 17.7 Å². The summed E-state index contributed by atoms with van der Waals surface area (Å²) in [5.41, 5.74) is 0.152. The number of nitrogens with zero attached hydrogens (tertiary/aromatic N) is 1. The maximum absolute atomic E-state index is 10.6. The second-order valence-corrected chi connectivity index (χ2v) is 3.48. The molecule has 0 amide bonds. The second kappa shape index (κ2) is 3.79. The molecule has 2 heterocycles. The van der Waals surface area contributed by atoms with E-state index in [-0.39, 0.29) is 5.69 Å². The van der Waals surface area contributed by atoms with Crippen molar-refractivity contribution in [1.29, 1.82) is 0 Å². The Morgan fingerprint density at radius 2 is 2.64 bits per heavy atom. The number of imidazole rings is 1. The van der Waals surface area contributed by atoms with Gasteiger partial charge in [0.1, 0.15) is 11.5 Å². The van der Waals surface area contributed by atoms with Gasteiger partial charge in [0.05, 0.1) is 6.20 Å². The number of H-pyrrole nitrogens is 1. The molecular formula is C9H12N2O3. The standard InChI is InChI=1S/C9H12N2O3/c12-9(13)7-4-10-8(11-7)3-6-1-2-14-5-6/h4,6H,1-3,5H2,(H,10,11)(H,12,13). The molecule has 1 unspecified atom stereocenters. The highest BCUT2D eigenvalue weighted by Crippen LogP contribution is 2.16. The summed E-state index contributed by atoms with van der Waals surface area (Å²) in [5.74, 6) is 0.243. The first kappa shape index (κ1) is 9.21. The van der Waals surface area contributed by atoms with E-state index in [2.05, 4.69) is 9.97 Å². The van der Waals surface area contributed by atoms with E-state index >= 15 is 0 Å². The lowest BCUT2D eigenvalue weighted by atomic mass is 10.1. The minimum Gasteiger partial charge on any atom is -0.477 e. The molecule has 1 atom stereocenters. The molecular weight excluding hydrogens is 184 g/mol. The van der Waals surface area contributed by atoms with E-state index in [9.17, 15) is 4.79 Å². The van der Waals surface area contributed by atoms with Gasteiger partial charge in [0.25, 0.3) is 0 Å². The molecule has 1 aromatic heterocycles. The van der Waals surface area contributed by atoms with Gasteiger partial charge in [-0.25, -0.2) is 9.78 Å². The average molecular weight is 196 g/mol. The molecule has 1 aromatic rings. The van der Waals surface area contributed by atoms with Gasteiger partial charge in [-0.15, -0.1) is 0 Å². The molecule has 1 fully saturated rings. The highest BCUT2D eigenvalue weighted by molar-refractivity contribution is 5.84. The largest absolute Gasteiger partial charge is 0.477 e. The van der Waals surface area contributed by atoms with Crippen LogP contribution in [0.1, 0.15) is 22.7 Å². The number of hydrogen-bond donors (Lipinski definition) is 2. The predicted molar refractivity (Wildman–Crippen MR) is 48.2 cm³/mol. The summed E-state index contributed by atoms with van der Waals surface area (Å²) in [4.78, 5) is 17.3. The highest BCUT2D eigenvalue weighted by Gasteiger charge is 2.18. The smallest absolute Gasteiger partial charge is 0.353 e. The van der Waals surface area contributed by atoms with Crippen molar-refractivity contribution in [3.63, 3.8) is 0 Å². The molecule has 5 nitrogen and oxygen atoms in total. The fourth-order valence-corrected chi connectivity index (χ4v) is 1.59. The number of carboxylic acids is 1. The lowest BCUT2D eigenvalue weighted by Gasteiger charge is -2.02. The van der Waals surface area contributed by atoms with Gasteiger partial charge in [-0.3, -0.25) is 0 Å². The molecule has 5 heteroatoms. The summed E-state index contributed by atoms with van der Waals surface area (Å²) in [6, 6.07) is 0. The molecule has 1 aliphatic rings. The van der Waals surface area contributed by atoms with Crippen molar-refractivity contribution < 1.29 is 14.6 Å². The van der Waals surface area contributed by atoms with Crippen LogP contribution in [0, 0.1) is 5.92 Å². The molecule has 2 N–H and O–H groups in total. The van der Waals surface area contributed by atoms with Crippen molar-refractivity contribution >= 4 is 5.97 Å². The average Bonchev–Trinajstić information content (AvgIpc) is 2.75. The molecule has 0 saturated carbocycles. The van der Waals surface area contributed by atoms with E-state index in [1.165, 1.54) is 6.20 Å². The Morgan fingerprint density at radius 1 is 1.79 bits per heavy atom. The Morgan fingerprint density at radius 3 is 3.21 bits per heavy atom. The number of aromatic nitrogens is 2. The van der Waals surface area contributed by atoms with Gasteiger partial charge in [-0.2, -0.15) is 0 Å². The van der Waals surface area contributed by atoms with E-state index < -0.39 is 5.97 Å². The zero-order chi connectivity index (χ0) is 9.97. The van der Waals surface area contributed by atoms with Crippen LogP contribution in [0.15, 0.2) is 6.20 Å². The number of carbonyl (C=O) groups is 1. The molecule has 0 aromatic carbocycles. The van der Waals surface area contributed by atoms with Crippen LogP contribution in [0.2, 0.25) is 0 Å². The molecule has 14 heavy (non-hydrogen) atoms. The van der Waals surface area contributed by atoms with Crippen LogP contribution in [0.4, 0.5) is 0 Å². The van der Waals surface area contributed by atoms with Crippen LogP contribution in [0.25, 0.3) is 0 Å². The fraction of sp³-hybridized carbons (Fsp3) is 0.556. The summed E-state index contributed by atoms with van der Waals surface area (Å²) < 4.78 is 5.23. The molecule has 76 valence electrons. The van der Waals surface area contributed by atoms with Crippen molar-refractivity contribution in [2.45, 2.75) is 12.8 Å². The number of hydrogen-bond acceptors (Lipinski definition) is 3. The maximum atomic E-state index is 10.6. The minimum atomic E-state index is -0.966. The van der Waals surface area contributed by atoms with Gasteiger partial charge < -0.3 is 14.8 Å². The Labute approximate surface area is 81.1 Å². The van der Waals surface area contributed by atoms with Crippen molar-refractivity contribution in [2.24, 2.45) is 5.92 Å². The lowest BCUT2D eigenvalue weighted by Crippen LogP contribution is -2.05. The van der Waals surface area contributed by atoms with Gasteiger partial charge in [-0.1, -0.05) is 0 Å². The van der Waals surface area contributed by atoms with Gasteiger partial charge in [0.2, 0.25) is 0 Å². The van der Waals surface area contributed by atoms with E-state index in [4.69, 9.17) is 9.84 Å². The first-order valence-corrected chi connectivity index (χ1v) is 4.60. The first-order chi connectivity index (χ1) is 6.75. The zero-order valence-corrected chi connectivity index (χ0v) is 7.69. The monoisotopic (exact) mass is 196 g/mol. The molecule has 1 aliphatic heterocycles. The second-order valence-electron chi connectivity index (χ2n) is 3.48. The van der Waals surface area contributed by atoms with Crippen molar-refractivity contribution in [3.8, 4) is 0 Å². The topological polar surface area (TPSA) is 75.2 Å². The van der Waals surface area contributed by atoms with Crippen LogP contribution in [-0.2, 0) is 11.2 Å². The normalized spacial score (nSPS) is 21.3. The molecule has 2 rings (SSSR count). The quantitative estimate of drug-likeness (QED) is 0.745. The van der Waals surface area contributed by atoms with Crippen LogP contribution in [-0.4, -0.2) is 34.3 Å². The summed E-state index contributed by atoms with van der Waals surface area (Å²) >= 11 is 0. The summed E-state index contributed by atoms with van der Waals surface area (Å²) in [6.45, 7) is 1.56. The number of aromatic amines is 1. The van der Waals surface area contributed by atoms with E-state index in [1.807, 2.05) is 0 Å². The van der Waals surface area contributed by atoms with Crippen LogP contribution in [0.5, 0.6) is 0 Å². The Kier molecular flexibility index (Phi) is 2.49. The molecule has 0 radical (unpaired) electrons. The number of rotatable bonds is 3. The third-order valence-corrected chi connectivity index (χ3v) is 2.36. The van der Waals surface area contributed by atoms with Crippen LogP contribution >= 0.6 is 0 Å². The Balaban J connectivity index is 1.98. The Bertz CT molecular complexity index is 329. The van der Waals surface area contributed by atoms with Crippen molar-refractivity contribution in [2.75, 3.05) is 13.2 Å². The SMILES string of the molecule is O=C(O)c1cnc(CC2CCOC2)[nH]1. The van der Waals surface area contributed by atoms with E-state index in [0.717, 1.165) is 31.9 Å². The van der Waals surface area contributed by atoms with Crippen LogP contribution < -0.4 is 0 Å².